The van der Waals surface area contributed by atoms with Crippen LogP contribution >= 0.6 is 0 Å². The molecule has 1 aliphatic rings. The minimum Gasteiger partial charge on any atom is -0.274 e. The van der Waals surface area contributed by atoms with Gasteiger partial charge in [-0.15, -0.1) is 0 Å². The van der Waals surface area contributed by atoms with Gasteiger partial charge in [0.25, 0.3) is 11.8 Å². The maximum Gasteiger partial charge on any atom is 0.261 e. The molecule has 1 heterocycles. The van der Waals surface area contributed by atoms with Crippen molar-refractivity contribution >= 4 is 11.8 Å². The second-order valence-electron chi connectivity index (χ2n) is 4.12. The first kappa shape index (κ1) is 12.9. The summed E-state index contributed by atoms with van der Waals surface area (Å²) >= 11 is 0. The van der Waals surface area contributed by atoms with Gasteiger partial charge in [-0.1, -0.05) is 12.1 Å². The largest absolute Gasteiger partial charge is 0.274 e. The number of carbonyl (C=O) groups is 2. The van der Waals surface area contributed by atoms with Gasteiger partial charge >= 0.3 is 0 Å². The number of amides is 2. The molecule has 98 valence electrons. The molecule has 0 unspecified atom stereocenters. The van der Waals surface area contributed by atoms with Crippen LogP contribution in [0, 0.1) is 10.1 Å². The third-order valence-corrected chi connectivity index (χ3v) is 2.86. The normalized spacial score (nSPS) is 14.2. The Balaban J connectivity index is 1.95. The molecular weight excluding hydrogens is 248 g/mol. The number of benzene rings is 1. The molecule has 0 aliphatic carbocycles. The van der Waals surface area contributed by atoms with Crippen molar-refractivity contribution in [2.24, 2.45) is 0 Å². The number of unbranched alkanes of at least 4 members (excludes halogenated alkanes) is 1. The Morgan fingerprint density at radius 2 is 1.74 bits per heavy atom. The Bertz CT molecular complexity index is 531. The minimum atomic E-state index is -0.540. The highest BCUT2D eigenvalue weighted by molar-refractivity contribution is 6.21. The third kappa shape index (κ3) is 2.67. The van der Waals surface area contributed by atoms with E-state index in [0.717, 1.165) is 6.20 Å². The van der Waals surface area contributed by atoms with Gasteiger partial charge < -0.3 is 0 Å². The van der Waals surface area contributed by atoms with Crippen molar-refractivity contribution in [2.45, 2.75) is 12.8 Å². The van der Waals surface area contributed by atoms with Crippen LogP contribution in [0.5, 0.6) is 0 Å². The summed E-state index contributed by atoms with van der Waals surface area (Å²) in [4.78, 5) is 34.6. The average molecular weight is 260 g/mol. The van der Waals surface area contributed by atoms with Crippen LogP contribution in [0.4, 0.5) is 0 Å². The van der Waals surface area contributed by atoms with E-state index < -0.39 is 4.92 Å². The molecule has 1 aromatic carbocycles. The van der Waals surface area contributed by atoms with Gasteiger partial charge in [-0.05, 0) is 31.1 Å². The fourth-order valence-corrected chi connectivity index (χ4v) is 1.97. The SMILES string of the molecule is O=C1c2ccccc2C(=O)N1CCC/C=C/[N+](=O)[O-]. The fraction of sp³-hybridized carbons (Fsp3) is 0.231. The predicted molar refractivity (Wildman–Crippen MR) is 67.2 cm³/mol. The molecule has 0 N–H and O–H groups in total. The highest BCUT2D eigenvalue weighted by Crippen LogP contribution is 2.22. The number of rotatable bonds is 5. The van der Waals surface area contributed by atoms with Crippen LogP contribution in [-0.4, -0.2) is 28.2 Å². The van der Waals surface area contributed by atoms with E-state index in [1.54, 1.807) is 24.3 Å². The standard InChI is InChI=1S/C13H12N2O4/c16-12-10-6-2-3-7-11(10)13(17)14(12)8-4-1-5-9-15(18)19/h2-3,5-7,9H,1,4,8H2/b9-5+. The van der Waals surface area contributed by atoms with Gasteiger partial charge in [0.2, 0.25) is 6.20 Å². The van der Waals surface area contributed by atoms with Crippen molar-refractivity contribution in [3.63, 3.8) is 0 Å². The van der Waals surface area contributed by atoms with E-state index in [2.05, 4.69) is 0 Å². The fourth-order valence-electron chi connectivity index (χ4n) is 1.97. The first-order valence-electron chi connectivity index (χ1n) is 5.86. The smallest absolute Gasteiger partial charge is 0.261 e. The van der Waals surface area contributed by atoms with Crippen LogP contribution in [0.3, 0.4) is 0 Å². The molecule has 0 aromatic heterocycles. The van der Waals surface area contributed by atoms with Gasteiger partial charge in [0.1, 0.15) is 0 Å². The summed E-state index contributed by atoms with van der Waals surface area (Å²) < 4.78 is 0. The Hall–Kier alpha value is -2.50. The van der Waals surface area contributed by atoms with Crippen LogP contribution < -0.4 is 0 Å². The van der Waals surface area contributed by atoms with Gasteiger partial charge in [0.15, 0.2) is 0 Å². The van der Waals surface area contributed by atoms with Gasteiger partial charge in [0.05, 0.1) is 16.1 Å². The van der Waals surface area contributed by atoms with E-state index in [0.29, 0.717) is 24.0 Å². The molecule has 2 amide bonds. The van der Waals surface area contributed by atoms with Gasteiger partial charge in [0, 0.05) is 6.54 Å². The molecule has 0 radical (unpaired) electrons. The number of carbonyl (C=O) groups excluding carboxylic acids is 2. The second-order valence-corrected chi connectivity index (χ2v) is 4.12. The maximum atomic E-state index is 12.0. The van der Waals surface area contributed by atoms with Gasteiger partial charge in [-0.2, -0.15) is 0 Å². The molecule has 0 spiro atoms. The van der Waals surface area contributed by atoms with E-state index in [-0.39, 0.29) is 18.4 Å². The summed E-state index contributed by atoms with van der Waals surface area (Å²) in [5.74, 6) is -0.585. The van der Waals surface area contributed by atoms with E-state index in [4.69, 9.17) is 0 Å². The molecule has 0 bridgehead atoms. The molecule has 6 heteroatoms. The first-order chi connectivity index (χ1) is 9.11. The topological polar surface area (TPSA) is 80.5 Å². The second kappa shape index (κ2) is 5.43. The van der Waals surface area contributed by atoms with Crippen LogP contribution in [-0.2, 0) is 0 Å². The lowest BCUT2D eigenvalue weighted by atomic mass is 10.1. The molecule has 0 saturated heterocycles. The summed E-state index contributed by atoms with van der Waals surface area (Å²) in [7, 11) is 0. The zero-order chi connectivity index (χ0) is 13.8. The molecule has 0 saturated carbocycles. The zero-order valence-corrected chi connectivity index (χ0v) is 10.1. The summed E-state index contributed by atoms with van der Waals surface area (Å²) in [6, 6.07) is 6.69. The Morgan fingerprint density at radius 1 is 1.16 bits per heavy atom. The molecule has 0 atom stereocenters. The molecular formula is C13H12N2O4. The van der Waals surface area contributed by atoms with Gasteiger partial charge in [-0.3, -0.25) is 24.6 Å². The van der Waals surface area contributed by atoms with Gasteiger partial charge in [-0.25, -0.2) is 0 Å². The summed E-state index contributed by atoms with van der Waals surface area (Å²) in [5.41, 5.74) is 0.849. The van der Waals surface area contributed by atoms with E-state index in [1.165, 1.54) is 11.0 Å². The summed E-state index contributed by atoms with van der Waals surface area (Å²) in [6.45, 7) is 0.272. The number of nitrogens with zero attached hydrogens (tertiary/aromatic N) is 2. The number of fused-ring (bicyclic) bond motifs is 1. The zero-order valence-electron chi connectivity index (χ0n) is 10.1. The van der Waals surface area contributed by atoms with Crippen LogP contribution in [0.2, 0.25) is 0 Å². The Kier molecular flexibility index (Phi) is 3.70. The molecule has 0 fully saturated rings. The average Bonchev–Trinajstić information content (AvgIpc) is 2.63. The Morgan fingerprint density at radius 3 is 2.26 bits per heavy atom. The third-order valence-electron chi connectivity index (χ3n) is 2.86. The predicted octanol–water partition coefficient (Wildman–Crippen LogP) is 1.85. The molecule has 1 aromatic rings. The number of nitro groups is 1. The minimum absolute atomic E-state index is 0.272. The number of imide groups is 1. The lowest BCUT2D eigenvalue weighted by Gasteiger charge is -2.12. The van der Waals surface area contributed by atoms with Crippen LogP contribution in [0.25, 0.3) is 0 Å². The molecule has 6 nitrogen and oxygen atoms in total. The molecule has 19 heavy (non-hydrogen) atoms. The van der Waals surface area contributed by atoms with Crippen molar-refractivity contribution in [1.82, 2.24) is 4.90 Å². The highest BCUT2D eigenvalue weighted by Gasteiger charge is 2.34. The van der Waals surface area contributed by atoms with Crippen molar-refractivity contribution in [1.29, 1.82) is 0 Å². The summed E-state index contributed by atoms with van der Waals surface area (Å²) in [5, 5.41) is 10.1. The van der Waals surface area contributed by atoms with Crippen LogP contribution in [0.1, 0.15) is 33.6 Å². The molecule has 2 rings (SSSR count). The van der Waals surface area contributed by atoms with Crippen molar-refractivity contribution in [3.05, 3.63) is 57.8 Å². The monoisotopic (exact) mass is 260 g/mol. The summed E-state index contributed by atoms with van der Waals surface area (Å²) in [6.07, 6.45) is 3.24. The first-order valence-corrected chi connectivity index (χ1v) is 5.86. The Labute approximate surface area is 109 Å². The van der Waals surface area contributed by atoms with Crippen LogP contribution in [0.15, 0.2) is 36.5 Å². The van der Waals surface area contributed by atoms with Crippen molar-refractivity contribution < 1.29 is 14.5 Å². The lowest BCUT2D eigenvalue weighted by molar-refractivity contribution is -0.402. The number of allylic oxidation sites excluding steroid dienone is 1. The van der Waals surface area contributed by atoms with E-state index in [1.807, 2.05) is 0 Å². The highest BCUT2D eigenvalue weighted by atomic mass is 16.6. The lowest BCUT2D eigenvalue weighted by Crippen LogP contribution is -2.30. The maximum absolute atomic E-state index is 12.0. The van der Waals surface area contributed by atoms with Crippen molar-refractivity contribution in [2.75, 3.05) is 6.54 Å². The molecule has 1 aliphatic heterocycles. The van der Waals surface area contributed by atoms with Crippen molar-refractivity contribution in [3.8, 4) is 0 Å². The number of hydrogen-bond donors (Lipinski definition) is 0. The van der Waals surface area contributed by atoms with E-state index >= 15 is 0 Å². The quantitative estimate of drug-likeness (QED) is 0.350. The number of hydrogen-bond acceptors (Lipinski definition) is 4. The van der Waals surface area contributed by atoms with E-state index in [9.17, 15) is 19.7 Å².